The smallest absolute Gasteiger partial charge is 0.287 e. The molecule has 8 nitrogen and oxygen atoms in total. The summed E-state index contributed by atoms with van der Waals surface area (Å²) in [6.45, 7) is 0.221. The summed E-state index contributed by atoms with van der Waals surface area (Å²) in [5.74, 6) is -0.479. The maximum Gasteiger partial charge on any atom is 0.287 e. The fourth-order valence-corrected chi connectivity index (χ4v) is 5.82. The number of carbonyl (C=O) groups is 2. The number of hydrogen-bond acceptors (Lipinski definition) is 6. The van der Waals surface area contributed by atoms with E-state index in [0.717, 1.165) is 36.6 Å². The van der Waals surface area contributed by atoms with E-state index in [0.29, 0.717) is 16.7 Å². The Kier molecular flexibility index (Phi) is 7.05. The molecule has 2 N–H and O–H groups in total. The van der Waals surface area contributed by atoms with Gasteiger partial charge in [-0.3, -0.25) is 14.6 Å². The van der Waals surface area contributed by atoms with Gasteiger partial charge in [-0.25, -0.2) is 8.42 Å². The van der Waals surface area contributed by atoms with E-state index in [4.69, 9.17) is 4.42 Å². The zero-order valence-corrected chi connectivity index (χ0v) is 21.0. The molecule has 37 heavy (non-hydrogen) atoms. The maximum absolute atomic E-state index is 12.9. The number of amides is 2. The Morgan fingerprint density at radius 1 is 0.919 bits per heavy atom. The molecule has 2 amide bonds. The van der Waals surface area contributed by atoms with E-state index < -0.39 is 9.84 Å². The summed E-state index contributed by atoms with van der Waals surface area (Å²) in [5, 5.41) is 6.60. The molecule has 1 aliphatic rings. The van der Waals surface area contributed by atoms with Crippen molar-refractivity contribution in [2.24, 2.45) is 0 Å². The minimum atomic E-state index is -3.58. The number of hydrogen-bond donors (Lipinski definition) is 2. The van der Waals surface area contributed by atoms with Crippen molar-refractivity contribution in [3.8, 4) is 0 Å². The van der Waals surface area contributed by atoms with Crippen LogP contribution in [0.5, 0.6) is 0 Å². The average Bonchev–Trinajstić information content (AvgIpc) is 3.57. The topological polar surface area (TPSA) is 118 Å². The second-order valence-electron chi connectivity index (χ2n) is 9.26. The Hall–Kier alpha value is -3.98. The number of pyridine rings is 1. The van der Waals surface area contributed by atoms with Crippen molar-refractivity contribution >= 4 is 32.6 Å². The van der Waals surface area contributed by atoms with Crippen LogP contribution in [0.4, 0.5) is 0 Å². The van der Waals surface area contributed by atoms with Crippen molar-refractivity contribution < 1.29 is 22.4 Å². The predicted molar refractivity (Wildman–Crippen MR) is 139 cm³/mol. The highest BCUT2D eigenvalue weighted by atomic mass is 32.2. The number of fused-ring (bicyclic) bond motifs is 1. The number of furan rings is 1. The van der Waals surface area contributed by atoms with Crippen molar-refractivity contribution in [3.63, 3.8) is 0 Å². The largest absolute Gasteiger partial charge is 0.449 e. The van der Waals surface area contributed by atoms with E-state index in [1.165, 1.54) is 12.1 Å². The summed E-state index contributed by atoms with van der Waals surface area (Å²) in [6, 6.07) is 16.7. The van der Waals surface area contributed by atoms with Crippen LogP contribution >= 0.6 is 0 Å². The van der Waals surface area contributed by atoms with Gasteiger partial charge in [0.1, 0.15) is 0 Å². The van der Waals surface area contributed by atoms with E-state index in [2.05, 4.69) is 15.6 Å². The first kappa shape index (κ1) is 24.7. The number of nitrogens with zero attached hydrogens (tertiary/aromatic N) is 1. The molecule has 1 saturated carbocycles. The zero-order valence-electron chi connectivity index (χ0n) is 20.1. The van der Waals surface area contributed by atoms with E-state index in [9.17, 15) is 18.0 Å². The third-order valence-electron chi connectivity index (χ3n) is 6.55. The van der Waals surface area contributed by atoms with Gasteiger partial charge in [0.2, 0.25) is 0 Å². The molecule has 0 saturated heterocycles. The van der Waals surface area contributed by atoms with Crippen LogP contribution in [0.3, 0.4) is 0 Å². The van der Waals surface area contributed by atoms with Gasteiger partial charge in [0.05, 0.1) is 16.8 Å². The summed E-state index contributed by atoms with van der Waals surface area (Å²) in [7, 11) is -3.58. The van der Waals surface area contributed by atoms with E-state index >= 15 is 0 Å². The Morgan fingerprint density at radius 2 is 1.62 bits per heavy atom. The molecule has 0 atom stereocenters. The second-order valence-corrected chi connectivity index (χ2v) is 11.3. The number of rotatable bonds is 8. The van der Waals surface area contributed by atoms with Crippen LogP contribution in [-0.2, 0) is 22.1 Å². The molecular weight excluding hydrogens is 490 g/mol. The molecule has 1 aliphatic carbocycles. The molecule has 0 bridgehead atoms. The second kappa shape index (κ2) is 10.6. The highest BCUT2D eigenvalue weighted by Crippen LogP contribution is 2.21. The molecular formula is C28H27N3O5S. The van der Waals surface area contributed by atoms with Crippen molar-refractivity contribution in [2.75, 3.05) is 0 Å². The molecule has 2 aromatic heterocycles. The van der Waals surface area contributed by atoms with Gasteiger partial charge < -0.3 is 15.1 Å². The predicted octanol–water partition coefficient (Wildman–Crippen LogP) is 4.40. The highest BCUT2D eigenvalue weighted by molar-refractivity contribution is 7.90. The molecule has 4 aromatic rings. The Labute approximate surface area is 215 Å². The molecule has 9 heteroatoms. The fourth-order valence-electron chi connectivity index (χ4n) is 4.47. The monoisotopic (exact) mass is 517 g/mol. The summed E-state index contributed by atoms with van der Waals surface area (Å²) < 4.78 is 31.4. The number of sulfone groups is 1. The molecule has 0 spiro atoms. The van der Waals surface area contributed by atoms with Crippen LogP contribution in [0.1, 0.15) is 57.7 Å². The molecule has 2 heterocycles. The maximum atomic E-state index is 12.9. The van der Waals surface area contributed by atoms with Gasteiger partial charge >= 0.3 is 0 Å². The SMILES string of the molecule is O=C(NC1CCCC1)c1ccc(CS(=O)(=O)c2ccc(CNC(=O)c3cc4ccncc4o3)cc2)cc1. The van der Waals surface area contributed by atoms with Gasteiger partial charge in [0, 0.05) is 29.7 Å². The van der Waals surface area contributed by atoms with E-state index in [1.54, 1.807) is 60.9 Å². The van der Waals surface area contributed by atoms with E-state index in [1.807, 2.05) is 0 Å². The highest BCUT2D eigenvalue weighted by Gasteiger charge is 2.19. The van der Waals surface area contributed by atoms with Crippen LogP contribution in [0.2, 0.25) is 0 Å². The minimum Gasteiger partial charge on any atom is -0.449 e. The van der Waals surface area contributed by atoms with Gasteiger partial charge in [-0.2, -0.15) is 0 Å². The van der Waals surface area contributed by atoms with Crippen molar-refractivity contribution in [3.05, 3.63) is 95.5 Å². The van der Waals surface area contributed by atoms with Crippen LogP contribution in [0.15, 0.2) is 82.4 Å². The van der Waals surface area contributed by atoms with Crippen molar-refractivity contribution in [1.82, 2.24) is 15.6 Å². The van der Waals surface area contributed by atoms with E-state index in [-0.39, 0.29) is 40.8 Å². The third-order valence-corrected chi connectivity index (χ3v) is 8.25. The first-order chi connectivity index (χ1) is 17.9. The normalized spacial score (nSPS) is 14.1. The molecule has 190 valence electrons. The molecule has 5 rings (SSSR count). The van der Waals surface area contributed by atoms with Crippen LogP contribution in [-0.4, -0.2) is 31.3 Å². The lowest BCUT2D eigenvalue weighted by Gasteiger charge is -2.12. The summed E-state index contributed by atoms with van der Waals surface area (Å²) in [6.07, 6.45) is 7.46. The number of carbonyl (C=O) groups excluding carboxylic acids is 2. The van der Waals surface area contributed by atoms with Gasteiger partial charge in [-0.05, 0) is 60.4 Å². The summed E-state index contributed by atoms with van der Waals surface area (Å²) >= 11 is 0. The van der Waals surface area contributed by atoms with Gasteiger partial charge in [-0.15, -0.1) is 0 Å². The Bertz CT molecular complexity index is 1490. The molecule has 0 aliphatic heterocycles. The zero-order chi connectivity index (χ0) is 25.8. The molecule has 0 unspecified atom stereocenters. The van der Waals surface area contributed by atoms with Gasteiger partial charge in [0.25, 0.3) is 11.8 Å². The summed E-state index contributed by atoms with van der Waals surface area (Å²) in [5.41, 5.74) is 2.42. The molecule has 0 radical (unpaired) electrons. The van der Waals surface area contributed by atoms with Crippen molar-refractivity contribution in [2.45, 2.75) is 48.9 Å². The lowest BCUT2D eigenvalue weighted by atomic mass is 10.1. The quantitative estimate of drug-likeness (QED) is 0.358. The molecule has 1 fully saturated rings. The first-order valence-electron chi connectivity index (χ1n) is 12.2. The molecule has 2 aromatic carbocycles. The standard InChI is InChI=1S/C28H27N3O5S/c32-27(31-23-3-1-2-4-23)21-9-5-20(6-10-21)18-37(34,35)24-11-7-19(8-12-24)16-30-28(33)25-15-22-13-14-29-17-26(22)36-25/h5-15,17,23H,1-4,16,18H2,(H,30,33)(H,31,32). The average molecular weight is 518 g/mol. The van der Waals surface area contributed by atoms with Crippen LogP contribution in [0, 0.1) is 0 Å². The first-order valence-corrected chi connectivity index (χ1v) is 13.9. The lowest BCUT2D eigenvalue weighted by Crippen LogP contribution is -2.32. The third kappa shape index (κ3) is 5.89. The number of nitrogens with one attached hydrogen (secondary N) is 2. The Balaban J connectivity index is 1.17. The fraction of sp³-hybridized carbons (Fsp3) is 0.250. The van der Waals surface area contributed by atoms with Crippen LogP contribution in [0.25, 0.3) is 11.0 Å². The van der Waals surface area contributed by atoms with Crippen LogP contribution < -0.4 is 10.6 Å². The minimum absolute atomic E-state index is 0.124. The number of benzene rings is 2. The number of aromatic nitrogens is 1. The van der Waals surface area contributed by atoms with Gasteiger partial charge in [0.15, 0.2) is 21.2 Å². The van der Waals surface area contributed by atoms with Gasteiger partial charge in [-0.1, -0.05) is 37.1 Å². The lowest BCUT2D eigenvalue weighted by molar-refractivity contribution is 0.0921. The van der Waals surface area contributed by atoms with Crippen molar-refractivity contribution in [1.29, 1.82) is 0 Å². The summed E-state index contributed by atoms with van der Waals surface area (Å²) in [4.78, 5) is 29.0. The Morgan fingerprint density at radius 3 is 2.32 bits per heavy atom.